The fourth-order valence-corrected chi connectivity index (χ4v) is 4.00. The van der Waals surface area contributed by atoms with Gasteiger partial charge in [-0.2, -0.15) is 0 Å². The molecule has 5 nitrogen and oxygen atoms in total. The number of hydrogen-bond acceptors (Lipinski definition) is 3. The fraction of sp³-hybridized carbons (Fsp3) is 0.250. The highest BCUT2D eigenvalue weighted by atomic mass is 79.9. The Kier molecular flexibility index (Phi) is 4.38. The molecular formula is C12H14BrN3O2S. The highest BCUT2D eigenvalue weighted by Gasteiger charge is 2.23. The smallest absolute Gasteiger partial charge is 0.242 e. The third-order valence-corrected chi connectivity index (χ3v) is 5.17. The number of benzene rings is 1. The lowest BCUT2D eigenvalue weighted by atomic mass is 10.2. The van der Waals surface area contributed by atoms with Gasteiger partial charge in [0.05, 0.1) is 10.9 Å². The highest BCUT2D eigenvalue weighted by Crippen LogP contribution is 2.23. The highest BCUT2D eigenvalue weighted by molar-refractivity contribution is 9.10. The summed E-state index contributed by atoms with van der Waals surface area (Å²) < 4.78 is 27.9. The van der Waals surface area contributed by atoms with E-state index in [0.717, 1.165) is 0 Å². The van der Waals surface area contributed by atoms with Gasteiger partial charge in [-0.05, 0) is 34.5 Å². The van der Waals surface area contributed by atoms with E-state index in [-0.39, 0.29) is 10.9 Å². The summed E-state index contributed by atoms with van der Waals surface area (Å²) in [6.45, 7) is 1.90. The van der Waals surface area contributed by atoms with Crippen molar-refractivity contribution in [3.63, 3.8) is 0 Å². The average molecular weight is 344 g/mol. The first-order chi connectivity index (χ1) is 9.04. The van der Waals surface area contributed by atoms with Gasteiger partial charge in [0.1, 0.15) is 5.82 Å². The molecule has 7 heteroatoms. The van der Waals surface area contributed by atoms with E-state index in [1.165, 1.54) is 0 Å². The Morgan fingerprint density at radius 2 is 2.16 bits per heavy atom. The maximum Gasteiger partial charge on any atom is 0.242 e. The molecule has 0 aliphatic carbocycles. The van der Waals surface area contributed by atoms with E-state index in [9.17, 15) is 8.42 Å². The molecule has 0 bridgehead atoms. The Morgan fingerprint density at radius 1 is 1.42 bits per heavy atom. The molecule has 0 fully saturated rings. The van der Waals surface area contributed by atoms with Crippen LogP contribution in [-0.4, -0.2) is 18.4 Å². The molecule has 1 aromatic carbocycles. The molecule has 0 spiro atoms. The van der Waals surface area contributed by atoms with E-state index in [4.69, 9.17) is 0 Å². The number of H-pyrrole nitrogens is 1. The lowest BCUT2D eigenvalue weighted by molar-refractivity contribution is 0.539. The summed E-state index contributed by atoms with van der Waals surface area (Å²) in [4.78, 5) is 7.24. The number of halogens is 1. The second kappa shape index (κ2) is 5.85. The third-order valence-electron chi connectivity index (χ3n) is 2.68. The second-order valence-electron chi connectivity index (χ2n) is 3.99. The van der Waals surface area contributed by atoms with Crippen LogP contribution < -0.4 is 4.72 Å². The summed E-state index contributed by atoms with van der Waals surface area (Å²) in [6.07, 6.45) is 3.88. The molecule has 1 aromatic heterocycles. The molecule has 102 valence electrons. The van der Waals surface area contributed by atoms with E-state index >= 15 is 0 Å². The molecular weight excluding hydrogens is 330 g/mol. The monoisotopic (exact) mass is 343 g/mol. The zero-order valence-electron chi connectivity index (χ0n) is 10.3. The molecule has 0 radical (unpaired) electrons. The van der Waals surface area contributed by atoms with Crippen LogP contribution in [-0.2, 0) is 10.0 Å². The topological polar surface area (TPSA) is 74.8 Å². The van der Waals surface area contributed by atoms with Crippen molar-refractivity contribution in [2.45, 2.75) is 24.3 Å². The van der Waals surface area contributed by atoms with Crippen molar-refractivity contribution < 1.29 is 8.42 Å². The van der Waals surface area contributed by atoms with Gasteiger partial charge in [-0.1, -0.05) is 19.1 Å². The van der Waals surface area contributed by atoms with E-state index in [1.54, 1.807) is 36.7 Å². The van der Waals surface area contributed by atoms with Crippen molar-refractivity contribution in [2.75, 3.05) is 0 Å². The minimum absolute atomic E-state index is 0.222. The predicted octanol–water partition coefficient (Wildman–Crippen LogP) is 2.60. The lowest BCUT2D eigenvalue weighted by Gasteiger charge is -2.15. The van der Waals surface area contributed by atoms with Crippen LogP contribution in [0.4, 0.5) is 0 Å². The zero-order chi connectivity index (χ0) is 13.9. The molecule has 0 amide bonds. The second-order valence-corrected chi connectivity index (χ2v) is 6.52. The lowest BCUT2D eigenvalue weighted by Crippen LogP contribution is -2.29. The first kappa shape index (κ1) is 14.2. The average Bonchev–Trinajstić information content (AvgIpc) is 2.90. The predicted molar refractivity (Wildman–Crippen MR) is 76.1 cm³/mol. The number of imidazole rings is 1. The van der Waals surface area contributed by atoms with Crippen LogP contribution in [0.15, 0.2) is 46.0 Å². The van der Waals surface area contributed by atoms with Crippen molar-refractivity contribution in [1.29, 1.82) is 0 Å². The molecule has 19 heavy (non-hydrogen) atoms. The SMILES string of the molecule is CCC(NS(=O)(=O)c1ccccc1Br)c1ncc[nH]1. The number of aromatic nitrogens is 2. The quantitative estimate of drug-likeness (QED) is 0.876. The van der Waals surface area contributed by atoms with Gasteiger partial charge in [-0.25, -0.2) is 18.1 Å². The summed E-state index contributed by atoms with van der Waals surface area (Å²) in [5, 5.41) is 0. The Labute approximate surface area is 120 Å². The molecule has 2 N–H and O–H groups in total. The number of rotatable bonds is 5. The number of hydrogen-bond donors (Lipinski definition) is 2. The first-order valence-electron chi connectivity index (χ1n) is 5.80. The molecule has 1 unspecified atom stereocenters. The Balaban J connectivity index is 2.29. The fourth-order valence-electron chi connectivity index (χ4n) is 1.71. The van der Waals surface area contributed by atoms with Crippen molar-refractivity contribution in [2.24, 2.45) is 0 Å². The van der Waals surface area contributed by atoms with Crippen LogP contribution in [0, 0.1) is 0 Å². The maximum absolute atomic E-state index is 12.3. The van der Waals surface area contributed by atoms with Gasteiger partial charge in [0.15, 0.2) is 0 Å². The normalized spacial score (nSPS) is 13.4. The van der Waals surface area contributed by atoms with Gasteiger partial charge in [-0.15, -0.1) is 0 Å². The van der Waals surface area contributed by atoms with Crippen molar-refractivity contribution >= 4 is 26.0 Å². The van der Waals surface area contributed by atoms with E-state index < -0.39 is 10.0 Å². The van der Waals surface area contributed by atoms with Crippen molar-refractivity contribution in [3.05, 3.63) is 47.0 Å². The Bertz CT molecular complexity index is 641. The van der Waals surface area contributed by atoms with Crippen LogP contribution in [0.25, 0.3) is 0 Å². The van der Waals surface area contributed by atoms with Crippen LogP contribution in [0.2, 0.25) is 0 Å². The van der Waals surface area contributed by atoms with Crippen LogP contribution >= 0.6 is 15.9 Å². The van der Waals surface area contributed by atoms with Gasteiger partial charge < -0.3 is 4.98 Å². The minimum Gasteiger partial charge on any atom is -0.347 e. The molecule has 0 saturated carbocycles. The molecule has 0 aliphatic heterocycles. The summed E-state index contributed by atoms with van der Waals surface area (Å²) in [7, 11) is -3.59. The molecule has 1 heterocycles. The molecule has 1 atom stereocenters. The van der Waals surface area contributed by atoms with E-state index in [2.05, 4.69) is 30.6 Å². The molecule has 0 saturated heterocycles. The van der Waals surface area contributed by atoms with Crippen molar-refractivity contribution in [3.8, 4) is 0 Å². The largest absolute Gasteiger partial charge is 0.347 e. The van der Waals surface area contributed by atoms with Crippen LogP contribution in [0.1, 0.15) is 25.2 Å². The van der Waals surface area contributed by atoms with Crippen LogP contribution in [0.3, 0.4) is 0 Å². The molecule has 0 aliphatic rings. The Morgan fingerprint density at radius 3 is 2.74 bits per heavy atom. The molecule has 2 aromatic rings. The number of sulfonamides is 1. The third kappa shape index (κ3) is 3.23. The van der Waals surface area contributed by atoms with Gasteiger partial charge in [-0.3, -0.25) is 0 Å². The summed E-state index contributed by atoms with van der Waals surface area (Å²) in [5.74, 6) is 0.609. The maximum atomic E-state index is 12.3. The minimum atomic E-state index is -3.59. The van der Waals surface area contributed by atoms with Gasteiger partial charge in [0.2, 0.25) is 10.0 Å². The van der Waals surface area contributed by atoms with Gasteiger partial charge in [0, 0.05) is 16.9 Å². The van der Waals surface area contributed by atoms with E-state index in [1.807, 2.05) is 6.92 Å². The van der Waals surface area contributed by atoms with Gasteiger partial charge >= 0.3 is 0 Å². The van der Waals surface area contributed by atoms with Gasteiger partial charge in [0.25, 0.3) is 0 Å². The molecule has 2 rings (SSSR count). The summed E-state index contributed by atoms with van der Waals surface area (Å²) in [6, 6.07) is 6.34. The first-order valence-corrected chi connectivity index (χ1v) is 8.08. The standard InChI is InChI=1S/C12H14BrN3O2S/c1-2-10(12-14-7-8-15-12)16-19(17,18)11-6-4-3-5-9(11)13/h3-8,10,16H,2H2,1H3,(H,14,15). The number of nitrogens with one attached hydrogen (secondary N) is 2. The van der Waals surface area contributed by atoms with Crippen LogP contribution in [0.5, 0.6) is 0 Å². The number of aromatic amines is 1. The van der Waals surface area contributed by atoms with E-state index in [0.29, 0.717) is 16.7 Å². The summed E-state index contributed by atoms with van der Waals surface area (Å²) >= 11 is 3.25. The van der Waals surface area contributed by atoms with Crippen molar-refractivity contribution in [1.82, 2.24) is 14.7 Å². The zero-order valence-corrected chi connectivity index (χ0v) is 12.7. The Hall–Kier alpha value is -1.18. The number of nitrogens with zero attached hydrogens (tertiary/aromatic N) is 1. The summed E-state index contributed by atoms with van der Waals surface area (Å²) in [5.41, 5.74) is 0.